The number of halogens is 4. The van der Waals surface area contributed by atoms with Crippen molar-refractivity contribution >= 4 is 0 Å². The summed E-state index contributed by atoms with van der Waals surface area (Å²) in [6.45, 7) is -0.0905. The Kier molecular flexibility index (Phi) is 6.51. The largest absolute Gasteiger partial charge is 0.490 e. The number of methoxy groups -OCH3 is 2. The summed E-state index contributed by atoms with van der Waals surface area (Å²) in [6.07, 6.45) is 2.66. The number of nitrogens with zero attached hydrogens (tertiary/aromatic N) is 6. The fourth-order valence-corrected chi connectivity index (χ4v) is 4.47. The van der Waals surface area contributed by atoms with Crippen molar-refractivity contribution in [3.63, 3.8) is 0 Å². The van der Waals surface area contributed by atoms with E-state index in [1.54, 1.807) is 6.07 Å². The summed E-state index contributed by atoms with van der Waals surface area (Å²) in [4.78, 5) is 21.2. The molecule has 0 radical (unpaired) electrons. The number of alkyl halides is 3. The molecule has 0 aliphatic heterocycles. The molecule has 0 unspecified atom stereocenters. The summed E-state index contributed by atoms with van der Waals surface area (Å²) in [5.74, 6) is 0.518. The van der Waals surface area contributed by atoms with E-state index >= 15 is 4.39 Å². The van der Waals surface area contributed by atoms with E-state index in [1.807, 2.05) is 0 Å². The van der Waals surface area contributed by atoms with Gasteiger partial charge >= 0.3 is 6.18 Å². The molecule has 0 N–H and O–H groups in total. The van der Waals surface area contributed by atoms with Gasteiger partial charge < -0.3 is 18.8 Å². The molecule has 2 aliphatic rings. The molecule has 13 heteroatoms. The van der Waals surface area contributed by atoms with Crippen LogP contribution in [0.2, 0.25) is 0 Å². The van der Waals surface area contributed by atoms with Gasteiger partial charge in [-0.15, -0.1) is 0 Å². The average Bonchev–Trinajstić information content (AvgIpc) is 3.89. The lowest BCUT2D eigenvalue weighted by atomic mass is 10.1. The van der Waals surface area contributed by atoms with Gasteiger partial charge in [0.05, 0.1) is 31.7 Å². The van der Waals surface area contributed by atoms with Crippen molar-refractivity contribution in [3.8, 4) is 40.3 Å². The third kappa shape index (κ3) is 5.03. The van der Waals surface area contributed by atoms with Gasteiger partial charge in [-0.25, -0.2) is 24.3 Å². The molecule has 4 aromatic rings. The Morgan fingerprint density at radius 3 is 2.42 bits per heavy atom. The van der Waals surface area contributed by atoms with Gasteiger partial charge in [-0.1, -0.05) is 6.07 Å². The van der Waals surface area contributed by atoms with Gasteiger partial charge in [-0.05, 0) is 43.4 Å². The molecule has 208 valence electrons. The highest BCUT2D eigenvalue weighted by molar-refractivity contribution is 5.66. The molecule has 3 aromatic heterocycles. The predicted octanol–water partition coefficient (Wildman–Crippen LogP) is 5.76. The van der Waals surface area contributed by atoms with Crippen molar-refractivity contribution in [2.75, 3.05) is 14.2 Å². The van der Waals surface area contributed by atoms with Crippen LogP contribution >= 0.6 is 0 Å². The van der Waals surface area contributed by atoms with E-state index < -0.39 is 17.7 Å². The quantitative estimate of drug-likeness (QED) is 0.240. The van der Waals surface area contributed by atoms with Crippen molar-refractivity contribution in [1.82, 2.24) is 29.5 Å². The molecule has 0 spiro atoms. The summed E-state index contributed by atoms with van der Waals surface area (Å²) >= 11 is 0. The summed E-state index contributed by atoms with van der Waals surface area (Å²) < 4.78 is 73.2. The lowest BCUT2D eigenvalue weighted by Gasteiger charge is -2.14. The van der Waals surface area contributed by atoms with E-state index in [2.05, 4.69) is 24.9 Å². The number of rotatable bonds is 9. The number of benzene rings is 1. The first kappa shape index (κ1) is 26.0. The Bertz CT molecular complexity index is 1570. The molecule has 40 heavy (non-hydrogen) atoms. The van der Waals surface area contributed by atoms with Crippen molar-refractivity contribution in [1.29, 1.82) is 0 Å². The topological polar surface area (TPSA) is 97.1 Å². The fraction of sp³-hybridized carbons (Fsp3) is 0.370. The molecular formula is C27H24F4N6O3. The molecule has 0 bridgehead atoms. The van der Waals surface area contributed by atoms with E-state index in [4.69, 9.17) is 14.2 Å². The third-order valence-corrected chi connectivity index (χ3v) is 6.78. The van der Waals surface area contributed by atoms with Gasteiger partial charge in [0.15, 0.2) is 17.3 Å². The third-order valence-electron chi connectivity index (χ3n) is 6.78. The van der Waals surface area contributed by atoms with Gasteiger partial charge in [0.2, 0.25) is 5.88 Å². The van der Waals surface area contributed by atoms with Crippen LogP contribution in [-0.2, 0) is 12.8 Å². The molecule has 0 saturated heterocycles. The second kappa shape index (κ2) is 10.0. The van der Waals surface area contributed by atoms with E-state index in [1.165, 1.54) is 43.4 Å². The molecule has 6 rings (SSSR count). The Balaban J connectivity index is 1.27. The number of ether oxygens (including phenoxy) is 3. The first-order valence-electron chi connectivity index (χ1n) is 12.6. The molecule has 2 fully saturated rings. The van der Waals surface area contributed by atoms with Crippen LogP contribution in [0.3, 0.4) is 0 Å². The molecule has 2 aliphatic carbocycles. The van der Waals surface area contributed by atoms with Crippen LogP contribution in [0.25, 0.3) is 22.8 Å². The summed E-state index contributed by atoms with van der Waals surface area (Å²) in [6, 6.07) is 4.08. The maximum Gasteiger partial charge on any atom is 0.434 e. The standard InChI is InChI=1S/C27H24F4N6O3/c1-38-19-10-32-23(21-22(15-4-5-15)33-13-34-26(21)39-2)36-25(19)40-12-14-3-8-17(18(28)9-14)24-35-20(27(29,30)31)11-37(24)16-6-7-16/h3,8-11,13,15-16H,4-7,12H2,1-2H3. The highest BCUT2D eigenvalue weighted by Gasteiger charge is 2.38. The summed E-state index contributed by atoms with van der Waals surface area (Å²) in [7, 11) is 2.95. The van der Waals surface area contributed by atoms with Crippen molar-refractivity contribution in [2.45, 2.75) is 50.4 Å². The van der Waals surface area contributed by atoms with Crippen molar-refractivity contribution < 1.29 is 31.8 Å². The monoisotopic (exact) mass is 556 g/mol. The van der Waals surface area contributed by atoms with Crippen LogP contribution in [-0.4, -0.2) is 43.7 Å². The van der Waals surface area contributed by atoms with E-state index in [-0.39, 0.29) is 41.6 Å². The molecule has 1 aromatic carbocycles. The molecule has 3 heterocycles. The van der Waals surface area contributed by atoms with Crippen LogP contribution in [0.15, 0.2) is 36.9 Å². The van der Waals surface area contributed by atoms with Crippen LogP contribution in [0, 0.1) is 5.82 Å². The molecule has 9 nitrogen and oxygen atoms in total. The van der Waals surface area contributed by atoms with Crippen LogP contribution in [0.4, 0.5) is 17.6 Å². The number of imidazole rings is 1. The van der Waals surface area contributed by atoms with E-state index in [0.29, 0.717) is 22.8 Å². The van der Waals surface area contributed by atoms with Crippen LogP contribution < -0.4 is 14.2 Å². The normalized spacial score (nSPS) is 15.2. The highest BCUT2D eigenvalue weighted by Crippen LogP contribution is 2.45. The number of hydrogen-bond acceptors (Lipinski definition) is 8. The van der Waals surface area contributed by atoms with Crippen molar-refractivity contribution in [3.05, 3.63) is 59.7 Å². The zero-order valence-electron chi connectivity index (χ0n) is 21.6. The average molecular weight is 557 g/mol. The fourth-order valence-electron chi connectivity index (χ4n) is 4.47. The lowest BCUT2D eigenvalue weighted by molar-refractivity contribution is -0.140. The Hall–Kier alpha value is -4.29. The van der Waals surface area contributed by atoms with Gasteiger partial charge in [0.1, 0.15) is 30.1 Å². The predicted molar refractivity (Wildman–Crippen MR) is 133 cm³/mol. The molecule has 2 saturated carbocycles. The molecule has 0 amide bonds. The second-order valence-electron chi connectivity index (χ2n) is 9.67. The van der Waals surface area contributed by atoms with Crippen LogP contribution in [0.5, 0.6) is 17.5 Å². The Labute approximate surface area is 226 Å². The summed E-state index contributed by atoms with van der Waals surface area (Å²) in [5, 5.41) is 0. The zero-order valence-corrected chi connectivity index (χ0v) is 21.6. The SMILES string of the molecule is COc1cnc(-c2c(OC)ncnc2C2CC2)nc1OCc1ccc(-c2nc(C(F)(F)F)cn2C2CC2)c(F)c1. The van der Waals surface area contributed by atoms with Crippen LogP contribution in [0.1, 0.15) is 54.6 Å². The maximum atomic E-state index is 15.2. The van der Waals surface area contributed by atoms with Crippen molar-refractivity contribution in [2.24, 2.45) is 0 Å². The lowest BCUT2D eigenvalue weighted by Crippen LogP contribution is -2.06. The van der Waals surface area contributed by atoms with E-state index in [0.717, 1.165) is 37.6 Å². The molecular weight excluding hydrogens is 532 g/mol. The minimum atomic E-state index is -4.62. The smallest absolute Gasteiger partial charge is 0.434 e. The van der Waals surface area contributed by atoms with Gasteiger partial charge in [0.25, 0.3) is 5.88 Å². The number of aromatic nitrogens is 6. The zero-order chi connectivity index (χ0) is 28.0. The number of hydrogen-bond donors (Lipinski definition) is 0. The highest BCUT2D eigenvalue weighted by atomic mass is 19.4. The Morgan fingerprint density at radius 2 is 1.77 bits per heavy atom. The minimum absolute atomic E-state index is 0.0168. The van der Waals surface area contributed by atoms with E-state index in [9.17, 15) is 13.2 Å². The maximum absolute atomic E-state index is 15.2. The molecule has 0 atom stereocenters. The minimum Gasteiger partial charge on any atom is -0.490 e. The first-order valence-corrected chi connectivity index (χ1v) is 12.6. The second-order valence-corrected chi connectivity index (χ2v) is 9.67. The van der Waals surface area contributed by atoms with Gasteiger partial charge in [0, 0.05) is 18.2 Å². The first-order chi connectivity index (χ1) is 19.3. The van der Waals surface area contributed by atoms with Gasteiger partial charge in [-0.3, -0.25) is 0 Å². The Morgan fingerprint density at radius 1 is 0.975 bits per heavy atom. The summed E-state index contributed by atoms with van der Waals surface area (Å²) in [5.41, 5.74) is 0.733. The van der Waals surface area contributed by atoms with Gasteiger partial charge in [-0.2, -0.15) is 18.2 Å².